The standard InChI is InChI=1S/C29H43NO2/c1-25(2)17-13-10-8-6-4-3-5-7-9-11-16-24-30-27-22-20-26(21-23-27)29(31)32-28-18-14-12-15-19-28/h12,14-15,18-23,25,30H,3-11,13,16-17,24H2,1-2H3. The molecular formula is C29H43NO2. The Morgan fingerprint density at radius 1 is 0.719 bits per heavy atom. The first-order valence-corrected chi connectivity index (χ1v) is 12.8. The number of carbonyl (C=O) groups is 1. The van der Waals surface area contributed by atoms with E-state index in [1.807, 2.05) is 42.5 Å². The molecule has 0 fully saturated rings. The van der Waals surface area contributed by atoms with Crippen LogP contribution in [0.3, 0.4) is 0 Å². The van der Waals surface area contributed by atoms with E-state index >= 15 is 0 Å². The largest absolute Gasteiger partial charge is 0.423 e. The van der Waals surface area contributed by atoms with Crippen LogP contribution in [0.15, 0.2) is 54.6 Å². The van der Waals surface area contributed by atoms with Gasteiger partial charge in [0, 0.05) is 12.2 Å². The maximum atomic E-state index is 12.2. The fourth-order valence-electron chi connectivity index (χ4n) is 3.88. The number of carbonyl (C=O) groups excluding carboxylic acids is 1. The second-order valence-corrected chi connectivity index (χ2v) is 9.28. The van der Waals surface area contributed by atoms with E-state index in [4.69, 9.17) is 4.74 Å². The Balaban J connectivity index is 1.44. The minimum atomic E-state index is -0.325. The van der Waals surface area contributed by atoms with Crippen molar-refractivity contribution in [3.63, 3.8) is 0 Å². The SMILES string of the molecule is CC(C)CCCCCCCCCCCCCNc1ccc(C(=O)Oc2ccccc2)cc1. The third-order valence-electron chi connectivity index (χ3n) is 5.86. The van der Waals surface area contributed by atoms with E-state index < -0.39 is 0 Å². The quantitative estimate of drug-likeness (QED) is 0.153. The Morgan fingerprint density at radius 2 is 1.25 bits per heavy atom. The molecule has 0 saturated carbocycles. The molecule has 32 heavy (non-hydrogen) atoms. The summed E-state index contributed by atoms with van der Waals surface area (Å²) in [5.74, 6) is 1.10. The Bertz CT molecular complexity index is 725. The molecule has 0 radical (unpaired) electrons. The van der Waals surface area contributed by atoms with Crippen LogP contribution in [0.1, 0.15) is 101 Å². The molecule has 2 aromatic carbocycles. The van der Waals surface area contributed by atoms with Crippen LogP contribution in [0.25, 0.3) is 0 Å². The van der Waals surface area contributed by atoms with Gasteiger partial charge in [0.2, 0.25) is 0 Å². The van der Waals surface area contributed by atoms with Crippen molar-refractivity contribution in [1.29, 1.82) is 0 Å². The molecule has 0 heterocycles. The maximum absolute atomic E-state index is 12.2. The number of nitrogens with one attached hydrogen (secondary N) is 1. The van der Waals surface area contributed by atoms with Gasteiger partial charge in [0.15, 0.2) is 0 Å². The van der Waals surface area contributed by atoms with Crippen molar-refractivity contribution in [2.45, 2.75) is 90.9 Å². The van der Waals surface area contributed by atoms with Crippen LogP contribution >= 0.6 is 0 Å². The second-order valence-electron chi connectivity index (χ2n) is 9.28. The van der Waals surface area contributed by atoms with E-state index in [2.05, 4.69) is 19.2 Å². The van der Waals surface area contributed by atoms with E-state index in [1.54, 1.807) is 12.1 Å². The monoisotopic (exact) mass is 437 g/mol. The van der Waals surface area contributed by atoms with Crippen LogP contribution in [0, 0.1) is 5.92 Å². The topological polar surface area (TPSA) is 38.3 Å². The number of para-hydroxylation sites is 1. The lowest BCUT2D eigenvalue weighted by Gasteiger charge is -2.08. The summed E-state index contributed by atoms with van der Waals surface area (Å²) in [6.45, 7) is 5.62. The van der Waals surface area contributed by atoms with E-state index in [0.29, 0.717) is 11.3 Å². The molecule has 0 aliphatic heterocycles. The summed E-state index contributed by atoms with van der Waals surface area (Å²) < 4.78 is 5.37. The van der Waals surface area contributed by atoms with Gasteiger partial charge in [-0.05, 0) is 48.7 Å². The average molecular weight is 438 g/mol. The highest BCUT2D eigenvalue weighted by molar-refractivity contribution is 5.91. The van der Waals surface area contributed by atoms with Gasteiger partial charge >= 0.3 is 5.97 Å². The van der Waals surface area contributed by atoms with E-state index in [-0.39, 0.29) is 5.97 Å². The maximum Gasteiger partial charge on any atom is 0.343 e. The molecule has 2 rings (SSSR count). The summed E-state index contributed by atoms with van der Waals surface area (Å²) in [6.07, 6.45) is 16.5. The second kappa shape index (κ2) is 16.4. The molecule has 0 aromatic heterocycles. The molecule has 0 bridgehead atoms. The zero-order valence-corrected chi connectivity index (χ0v) is 20.3. The summed E-state index contributed by atoms with van der Waals surface area (Å²) in [7, 11) is 0. The smallest absolute Gasteiger partial charge is 0.343 e. The number of unbranched alkanes of at least 4 members (excludes halogenated alkanes) is 10. The molecule has 0 spiro atoms. The lowest BCUT2D eigenvalue weighted by Crippen LogP contribution is -2.08. The Morgan fingerprint density at radius 3 is 1.81 bits per heavy atom. The van der Waals surface area contributed by atoms with Crippen molar-refractivity contribution < 1.29 is 9.53 Å². The molecule has 3 nitrogen and oxygen atoms in total. The molecule has 0 unspecified atom stereocenters. The normalized spacial score (nSPS) is 11.0. The van der Waals surface area contributed by atoms with Crippen LogP contribution < -0.4 is 10.1 Å². The Labute approximate surface area is 196 Å². The molecule has 0 amide bonds. The van der Waals surface area contributed by atoms with Crippen LogP contribution in [0.5, 0.6) is 5.75 Å². The van der Waals surface area contributed by atoms with Crippen molar-refractivity contribution in [2.75, 3.05) is 11.9 Å². The van der Waals surface area contributed by atoms with Crippen molar-refractivity contribution >= 4 is 11.7 Å². The van der Waals surface area contributed by atoms with Crippen molar-refractivity contribution in [3.8, 4) is 5.75 Å². The van der Waals surface area contributed by atoms with Gasteiger partial charge in [-0.1, -0.05) is 103 Å². The number of hydrogen-bond acceptors (Lipinski definition) is 3. The van der Waals surface area contributed by atoms with Gasteiger partial charge in [-0.25, -0.2) is 4.79 Å². The lowest BCUT2D eigenvalue weighted by atomic mass is 10.0. The fourth-order valence-corrected chi connectivity index (χ4v) is 3.88. The molecule has 176 valence electrons. The summed E-state index contributed by atoms with van der Waals surface area (Å²) in [5, 5.41) is 3.45. The van der Waals surface area contributed by atoms with Crippen LogP contribution in [0.4, 0.5) is 5.69 Å². The number of rotatable bonds is 17. The molecule has 2 aromatic rings. The lowest BCUT2D eigenvalue weighted by molar-refractivity contribution is 0.0735. The zero-order chi connectivity index (χ0) is 22.9. The summed E-state index contributed by atoms with van der Waals surface area (Å²) in [5.41, 5.74) is 1.62. The number of anilines is 1. The number of ether oxygens (including phenoxy) is 1. The highest BCUT2D eigenvalue weighted by atomic mass is 16.5. The summed E-state index contributed by atoms with van der Waals surface area (Å²) >= 11 is 0. The van der Waals surface area contributed by atoms with E-state index in [9.17, 15) is 4.79 Å². The van der Waals surface area contributed by atoms with E-state index in [0.717, 1.165) is 18.2 Å². The molecular weight excluding hydrogens is 394 g/mol. The minimum Gasteiger partial charge on any atom is -0.423 e. The van der Waals surface area contributed by atoms with Gasteiger partial charge in [-0.15, -0.1) is 0 Å². The molecule has 0 aliphatic rings. The third-order valence-corrected chi connectivity index (χ3v) is 5.86. The Kier molecular flexibility index (Phi) is 13.3. The highest BCUT2D eigenvalue weighted by Crippen LogP contribution is 2.16. The first-order chi connectivity index (χ1) is 15.6. The predicted octanol–water partition coefficient (Wildman–Crippen LogP) is 8.65. The van der Waals surface area contributed by atoms with E-state index in [1.165, 1.54) is 77.0 Å². The van der Waals surface area contributed by atoms with Gasteiger partial charge in [0.25, 0.3) is 0 Å². The fraction of sp³-hybridized carbons (Fsp3) is 0.552. The van der Waals surface area contributed by atoms with Gasteiger partial charge in [-0.3, -0.25) is 0 Å². The first kappa shape index (κ1) is 26.0. The minimum absolute atomic E-state index is 0.325. The van der Waals surface area contributed by atoms with Crippen molar-refractivity contribution in [3.05, 3.63) is 60.2 Å². The molecule has 0 atom stereocenters. The van der Waals surface area contributed by atoms with Crippen molar-refractivity contribution in [2.24, 2.45) is 5.92 Å². The Hall–Kier alpha value is -2.29. The highest BCUT2D eigenvalue weighted by Gasteiger charge is 2.08. The van der Waals surface area contributed by atoms with Crippen LogP contribution in [-0.4, -0.2) is 12.5 Å². The summed E-state index contributed by atoms with van der Waals surface area (Å²) in [4.78, 5) is 12.2. The predicted molar refractivity (Wildman–Crippen MR) is 137 cm³/mol. The first-order valence-electron chi connectivity index (χ1n) is 12.8. The zero-order valence-electron chi connectivity index (χ0n) is 20.3. The molecule has 1 N–H and O–H groups in total. The molecule has 0 saturated heterocycles. The molecule has 0 aliphatic carbocycles. The van der Waals surface area contributed by atoms with Gasteiger partial charge in [0.05, 0.1) is 5.56 Å². The number of hydrogen-bond donors (Lipinski definition) is 1. The summed E-state index contributed by atoms with van der Waals surface area (Å²) in [6, 6.07) is 16.7. The number of esters is 1. The van der Waals surface area contributed by atoms with Gasteiger partial charge in [0.1, 0.15) is 5.75 Å². The molecule has 3 heteroatoms. The van der Waals surface area contributed by atoms with Gasteiger partial charge in [-0.2, -0.15) is 0 Å². The van der Waals surface area contributed by atoms with Crippen LogP contribution in [-0.2, 0) is 0 Å². The third kappa shape index (κ3) is 11.9. The average Bonchev–Trinajstić information content (AvgIpc) is 2.80. The van der Waals surface area contributed by atoms with Crippen molar-refractivity contribution in [1.82, 2.24) is 0 Å². The van der Waals surface area contributed by atoms with Gasteiger partial charge < -0.3 is 10.1 Å². The van der Waals surface area contributed by atoms with Crippen LogP contribution in [0.2, 0.25) is 0 Å². The number of benzene rings is 2.